The summed E-state index contributed by atoms with van der Waals surface area (Å²) in [7, 11) is 0. The van der Waals surface area contributed by atoms with E-state index in [1.165, 1.54) is 19.3 Å². The SMILES string of the molecule is O=C(NC[C@H]1CCCO1)c1cn(CCc2ccccn2)cc(C(=O)NC2CCCCCCC2)c1=O. The number of nitrogens with one attached hydrogen (secondary N) is 2. The van der Waals surface area contributed by atoms with Crippen molar-refractivity contribution in [1.82, 2.24) is 20.2 Å². The highest BCUT2D eigenvalue weighted by atomic mass is 16.5. The standard InChI is InChI=1S/C27H36N4O4/c32-25-23(26(33)29-17-22-12-8-16-35-22)18-31(15-13-20-9-6-7-14-28-20)19-24(25)27(34)30-21-10-4-2-1-3-5-11-21/h6-7,9,14,18-19,21-22H,1-5,8,10-13,15-17H2,(H,29,33)(H,30,34)/t22-/m1/s1. The molecule has 2 aromatic heterocycles. The van der Waals surface area contributed by atoms with Crippen LogP contribution in [-0.4, -0.2) is 46.7 Å². The van der Waals surface area contributed by atoms with Crippen molar-refractivity contribution >= 4 is 11.8 Å². The average Bonchev–Trinajstić information content (AvgIpc) is 3.38. The highest BCUT2D eigenvalue weighted by molar-refractivity contribution is 5.99. The monoisotopic (exact) mass is 480 g/mol. The van der Waals surface area contributed by atoms with Gasteiger partial charge in [-0.3, -0.25) is 19.4 Å². The maximum atomic E-state index is 13.3. The van der Waals surface area contributed by atoms with Crippen LogP contribution in [0.3, 0.4) is 0 Å². The number of hydrogen-bond acceptors (Lipinski definition) is 5. The lowest BCUT2D eigenvalue weighted by molar-refractivity contribution is 0.0856. The first-order valence-electron chi connectivity index (χ1n) is 12.9. The van der Waals surface area contributed by atoms with Gasteiger partial charge in [-0.15, -0.1) is 0 Å². The van der Waals surface area contributed by atoms with Crippen LogP contribution >= 0.6 is 0 Å². The molecule has 0 radical (unpaired) electrons. The summed E-state index contributed by atoms with van der Waals surface area (Å²) in [6.07, 6.45) is 14.9. The lowest BCUT2D eigenvalue weighted by Crippen LogP contribution is -2.40. The van der Waals surface area contributed by atoms with Gasteiger partial charge in [0, 0.05) is 56.4 Å². The molecule has 4 rings (SSSR count). The number of carbonyl (C=O) groups excluding carboxylic acids is 2. The second-order valence-corrected chi connectivity index (χ2v) is 9.58. The average molecular weight is 481 g/mol. The molecule has 0 bridgehead atoms. The van der Waals surface area contributed by atoms with Crippen LogP contribution in [0.25, 0.3) is 0 Å². The molecule has 0 aromatic carbocycles. The van der Waals surface area contributed by atoms with Gasteiger partial charge in [0.05, 0.1) is 6.10 Å². The zero-order valence-electron chi connectivity index (χ0n) is 20.3. The lowest BCUT2D eigenvalue weighted by Gasteiger charge is -2.21. The van der Waals surface area contributed by atoms with Crippen molar-refractivity contribution in [1.29, 1.82) is 0 Å². The Morgan fingerprint density at radius 3 is 2.40 bits per heavy atom. The third-order valence-corrected chi connectivity index (χ3v) is 6.88. The Morgan fingerprint density at radius 1 is 0.971 bits per heavy atom. The summed E-state index contributed by atoms with van der Waals surface area (Å²) in [5.41, 5.74) is 0.357. The van der Waals surface area contributed by atoms with E-state index in [-0.39, 0.29) is 23.3 Å². The van der Waals surface area contributed by atoms with Crippen molar-refractivity contribution < 1.29 is 14.3 Å². The summed E-state index contributed by atoms with van der Waals surface area (Å²) in [5, 5.41) is 5.90. The van der Waals surface area contributed by atoms with Gasteiger partial charge in [-0.2, -0.15) is 0 Å². The Labute approximate surface area is 206 Å². The summed E-state index contributed by atoms with van der Waals surface area (Å²) in [6, 6.07) is 5.77. The van der Waals surface area contributed by atoms with Crippen LogP contribution in [0.4, 0.5) is 0 Å². The van der Waals surface area contributed by atoms with Crippen molar-refractivity contribution in [2.75, 3.05) is 13.2 Å². The molecule has 1 aliphatic carbocycles. The van der Waals surface area contributed by atoms with Crippen LogP contribution in [-0.2, 0) is 17.7 Å². The van der Waals surface area contributed by atoms with Crippen LogP contribution in [0.1, 0.15) is 84.2 Å². The number of hydrogen-bond donors (Lipinski definition) is 2. The Morgan fingerprint density at radius 2 is 1.71 bits per heavy atom. The molecule has 8 heteroatoms. The number of carbonyl (C=O) groups is 2. The highest BCUT2D eigenvalue weighted by Crippen LogP contribution is 2.17. The van der Waals surface area contributed by atoms with Crippen molar-refractivity contribution in [2.24, 2.45) is 0 Å². The van der Waals surface area contributed by atoms with Gasteiger partial charge in [-0.05, 0) is 37.8 Å². The zero-order valence-corrected chi connectivity index (χ0v) is 20.3. The molecule has 2 amide bonds. The molecule has 1 saturated heterocycles. The van der Waals surface area contributed by atoms with Gasteiger partial charge in [0.15, 0.2) is 0 Å². The Hall–Kier alpha value is -3.00. The molecular formula is C27H36N4O4. The van der Waals surface area contributed by atoms with E-state index in [1.54, 1.807) is 23.2 Å². The number of amides is 2. The fourth-order valence-corrected chi connectivity index (χ4v) is 4.84. The van der Waals surface area contributed by atoms with E-state index < -0.39 is 17.2 Å². The van der Waals surface area contributed by atoms with Crippen molar-refractivity contribution in [3.8, 4) is 0 Å². The number of aromatic nitrogens is 2. The molecule has 0 unspecified atom stereocenters. The molecule has 1 saturated carbocycles. The van der Waals surface area contributed by atoms with Crippen LogP contribution in [0.15, 0.2) is 41.6 Å². The fraction of sp³-hybridized carbons (Fsp3) is 0.556. The minimum Gasteiger partial charge on any atom is -0.376 e. The molecule has 2 fully saturated rings. The summed E-state index contributed by atoms with van der Waals surface area (Å²) in [5.74, 6) is -0.876. The number of ether oxygens (including phenoxy) is 1. The topological polar surface area (TPSA) is 102 Å². The van der Waals surface area contributed by atoms with E-state index in [9.17, 15) is 14.4 Å². The second-order valence-electron chi connectivity index (χ2n) is 9.58. The molecule has 2 aliphatic rings. The number of pyridine rings is 2. The first kappa shape index (κ1) is 25.1. The van der Waals surface area contributed by atoms with E-state index >= 15 is 0 Å². The van der Waals surface area contributed by atoms with Gasteiger partial charge in [0.1, 0.15) is 11.1 Å². The first-order chi connectivity index (χ1) is 17.1. The predicted octanol–water partition coefficient (Wildman–Crippen LogP) is 3.24. The van der Waals surface area contributed by atoms with E-state index in [2.05, 4.69) is 15.6 Å². The van der Waals surface area contributed by atoms with Crippen LogP contribution in [0.5, 0.6) is 0 Å². The molecule has 2 aromatic rings. The maximum Gasteiger partial charge on any atom is 0.256 e. The van der Waals surface area contributed by atoms with E-state index in [0.29, 0.717) is 26.1 Å². The van der Waals surface area contributed by atoms with Gasteiger partial charge in [0.25, 0.3) is 11.8 Å². The van der Waals surface area contributed by atoms with Crippen molar-refractivity contribution in [2.45, 2.75) is 82.9 Å². The van der Waals surface area contributed by atoms with Crippen LogP contribution in [0.2, 0.25) is 0 Å². The molecule has 35 heavy (non-hydrogen) atoms. The normalized spacial score (nSPS) is 19.0. The van der Waals surface area contributed by atoms with Crippen LogP contribution < -0.4 is 16.1 Å². The Bertz CT molecular complexity index is 1040. The van der Waals surface area contributed by atoms with Crippen LogP contribution in [0, 0.1) is 0 Å². The van der Waals surface area contributed by atoms with Gasteiger partial charge in [-0.1, -0.05) is 38.2 Å². The largest absolute Gasteiger partial charge is 0.376 e. The third-order valence-electron chi connectivity index (χ3n) is 6.88. The van der Waals surface area contributed by atoms with Gasteiger partial charge in [0.2, 0.25) is 5.43 Å². The van der Waals surface area contributed by atoms with E-state index in [4.69, 9.17) is 4.74 Å². The summed E-state index contributed by atoms with van der Waals surface area (Å²) >= 11 is 0. The van der Waals surface area contributed by atoms with Gasteiger partial charge >= 0.3 is 0 Å². The van der Waals surface area contributed by atoms with Gasteiger partial charge in [-0.25, -0.2) is 0 Å². The summed E-state index contributed by atoms with van der Waals surface area (Å²) in [4.78, 5) is 43.8. The molecular weight excluding hydrogens is 444 g/mol. The third kappa shape index (κ3) is 7.24. The minimum atomic E-state index is -0.535. The second kappa shape index (κ2) is 12.6. The van der Waals surface area contributed by atoms with E-state index in [0.717, 1.165) is 44.2 Å². The van der Waals surface area contributed by atoms with Crippen molar-refractivity contribution in [3.05, 3.63) is 63.8 Å². The summed E-state index contributed by atoms with van der Waals surface area (Å²) in [6.45, 7) is 1.54. The van der Waals surface area contributed by atoms with Crippen molar-refractivity contribution in [3.63, 3.8) is 0 Å². The minimum absolute atomic E-state index is 0.0119. The zero-order chi connectivity index (χ0) is 24.5. The van der Waals surface area contributed by atoms with E-state index in [1.807, 2.05) is 18.2 Å². The molecule has 8 nitrogen and oxygen atoms in total. The molecule has 1 atom stereocenters. The fourth-order valence-electron chi connectivity index (χ4n) is 4.84. The number of rotatable bonds is 8. The summed E-state index contributed by atoms with van der Waals surface area (Å²) < 4.78 is 7.33. The number of nitrogens with zero attached hydrogens (tertiary/aromatic N) is 2. The lowest BCUT2D eigenvalue weighted by atomic mass is 9.96. The first-order valence-corrected chi connectivity index (χ1v) is 12.9. The number of aryl methyl sites for hydroxylation is 2. The smallest absolute Gasteiger partial charge is 0.256 e. The quantitative estimate of drug-likeness (QED) is 0.604. The predicted molar refractivity (Wildman–Crippen MR) is 134 cm³/mol. The maximum absolute atomic E-state index is 13.3. The molecule has 0 spiro atoms. The Kier molecular flexibility index (Phi) is 9.06. The van der Waals surface area contributed by atoms with Gasteiger partial charge < -0.3 is 19.9 Å². The molecule has 188 valence electrons. The molecule has 2 N–H and O–H groups in total. The molecule has 3 heterocycles. The molecule has 1 aliphatic heterocycles. The highest BCUT2D eigenvalue weighted by Gasteiger charge is 2.23. The Balaban J connectivity index is 1.53.